The number of benzene rings is 1. The molecule has 0 saturated carbocycles. The lowest BCUT2D eigenvalue weighted by molar-refractivity contribution is -0.122. The molecule has 1 aromatic heterocycles. The Labute approximate surface area is 137 Å². The minimum atomic E-state index is -0.0205. The molecule has 1 atom stereocenters. The van der Waals surface area contributed by atoms with Crippen LogP contribution >= 0.6 is 0 Å². The molecule has 5 nitrogen and oxygen atoms in total. The number of carbonyl (C=O) groups is 1. The Kier molecular flexibility index (Phi) is 4.76. The first-order valence-corrected chi connectivity index (χ1v) is 8.22. The van der Waals surface area contributed by atoms with Gasteiger partial charge in [-0.05, 0) is 50.4 Å². The SMILES string of the molecule is Cc1cc(C)n(Cc2cccc(CNC(=O)[C@H]3CCCN3)c2)n1. The molecule has 1 aliphatic rings. The smallest absolute Gasteiger partial charge is 0.237 e. The number of rotatable bonds is 5. The van der Waals surface area contributed by atoms with Crippen molar-refractivity contribution in [1.82, 2.24) is 20.4 Å². The summed E-state index contributed by atoms with van der Waals surface area (Å²) in [7, 11) is 0. The molecule has 2 N–H and O–H groups in total. The molecule has 0 radical (unpaired) electrons. The van der Waals surface area contributed by atoms with E-state index in [2.05, 4.69) is 40.9 Å². The number of nitrogens with zero attached hydrogens (tertiary/aromatic N) is 2. The molecule has 2 aromatic rings. The third-order valence-corrected chi connectivity index (χ3v) is 4.27. The first-order chi connectivity index (χ1) is 11.1. The van der Waals surface area contributed by atoms with E-state index in [9.17, 15) is 4.79 Å². The highest BCUT2D eigenvalue weighted by atomic mass is 16.2. The van der Waals surface area contributed by atoms with Gasteiger partial charge in [0, 0.05) is 12.2 Å². The van der Waals surface area contributed by atoms with Crippen LogP contribution in [-0.4, -0.2) is 28.3 Å². The summed E-state index contributed by atoms with van der Waals surface area (Å²) >= 11 is 0. The lowest BCUT2D eigenvalue weighted by atomic mass is 10.1. The van der Waals surface area contributed by atoms with Gasteiger partial charge in [0.25, 0.3) is 0 Å². The lowest BCUT2D eigenvalue weighted by Crippen LogP contribution is -2.40. The molecule has 1 amide bonds. The van der Waals surface area contributed by atoms with Crippen LogP contribution in [0.15, 0.2) is 30.3 Å². The van der Waals surface area contributed by atoms with Gasteiger partial charge < -0.3 is 10.6 Å². The standard InChI is InChI=1S/C18H24N4O/c1-13-9-14(2)22(21-13)12-16-6-3-5-15(10-16)11-20-18(23)17-7-4-8-19-17/h3,5-6,9-10,17,19H,4,7-8,11-12H2,1-2H3,(H,20,23)/t17-/m1/s1. The number of hydrogen-bond donors (Lipinski definition) is 2. The Bertz CT molecular complexity index is 686. The van der Waals surface area contributed by atoms with Gasteiger partial charge in [0.15, 0.2) is 0 Å². The quantitative estimate of drug-likeness (QED) is 0.887. The predicted octanol–water partition coefficient (Wildman–Crippen LogP) is 1.92. The molecule has 5 heteroatoms. The summed E-state index contributed by atoms with van der Waals surface area (Å²) in [5.74, 6) is 0.103. The first-order valence-electron chi connectivity index (χ1n) is 8.22. The summed E-state index contributed by atoms with van der Waals surface area (Å²) in [6.07, 6.45) is 2.01. The van der Waals surface area contributed by atoms with Gasteiger partial charge in [0.05, 0.1) is 18.3 Å². The van der Waals surface area contributed by atoms with Crippen LogP contribution < -0.4 is 10.6 Å². The summed E-state index contributed by atoms with van der Waals surface area (Å²) in [5, 5.41) is 10.7. The van der Waals surface area contributed by atoms with Gasteiger partial charge in [0.2, 0.25) is 5.91 Å². The monoisotopic (exact) mass is 312 g/mol. The van der Waals surface area contributed by atoms with E-state index < -0.39 is 0 Å². The van der Waals surface area contributed by atoms with Gasteiger partial charge in [0.1, 0.15) is 0 Å². The van der Waals surface area contributed by atoms with E-state index in [0.29, 0.717) is 6.54 Å². The molecule has 0 spiro atoms. The predicted molar refractivity (Wildman–Crippen MR) is 90.1 cm³/mol. The zero-order valence-electron chi connectivity index (χ0n) is 13.8. The van der Waals surface area contributed by atoms with Crippen molar-refractivity contribution in [2.24, 2.45) is 0 Å². The second-order valence-corrected chi connectivity index (χ2v) is 6.27. The lowest BCUT2D eigenvalue weighted by Gasteiger charge is -2.12. The summed E-state index contributed by atoms with van der Waals surface area (Å²) in [5.41, 5.74) is 4.51. The van der Waals surface area contributed by atoms with E-state index in [1.54, 1.807) is 0 Å². The third kappa shape index (κ3) is 3.99. The normalized spacial score (nSPS) is 17.4. The van der Waals surface area contributed by atoms with Crippen LogP contribution in [0.1, 0.15) is 35.4 Å². The van der Waals surface area contributed by atoms with Gasteiger partial charge in [-0.2, -0.15) is 5.10 Å². The van der Waals surface area contributed by atoms with Crippen LogP contribution in [-0.2, 0) is 17.9 Å². The van der Waals surface area contributed by atoms with Crippen molar-refractivity contribution in [3.05, 3.63) is 52.8 Å². The molecule has 3 rings (SSSR count). The topological polar surface area (TPSA) is 59.0 Å². The molecule has 0 unspecified atom stereocenters. The Balaban J connectivity index is 1.60. The summed E-state index contributed by atoms with van der Waals surface area (Å²) in [6.45, 7) is 6.34. The van der Waals surface area contributed by atoms with Crippen molar-refractivity contribution in [2.75, 3.05) is 6.54 Å². The molecule has 1 aromatic carbocycles. The maximum absolute atomic E-state index is 12.1. The zero-order chi connectivity index (χ0) is 16.2. The highest BCUT2D eigenvalue weighted by Crippen LogP contribution is 2.10. The number of aryl methyl sites for hydroxylation is 2. The Morgan fingerprint density at radius 1 is 1.35 bits per heavy atom. The van der Waals surface area contributed by atoms with Gasteiger partial charge in [-0.3, -0.25) is 9.48 Å². The van der Waals surface area contributed by atoms with Crippen molar-refractivity contribution in [2.45, 2.75) is 45.8 Å². The van der Waals surface area contributed by atoms with E-state index in [4.69, 9.17) is 0 Å². The van der Waals surface area contributed by atoms with Crippen LogP contribution in [0, 0.1) is 13.8 Å². The number of nitrogens with one attached hydrogen (secondary N) is 2. The Morgan fingerprint density at radius 2 is 2.17 bits per heavy atom. The first kappa shape index (κ1) is 15.7. The molecule has 0 aliphatic carbocycles. The van der Waals surface area contributed by atoms with Crippen molar-refractivity contribution in [1.29, 1.82) is 0 Å². The zero-order valence-corrected chi connectivity index (χ0v) is 13.8. The molecule has 23 heavy (non-hydrogen) atoms. The molecular formula is C18H24N4O. The van der Waals surface area contributed by atoms with Crippen LogP contribution in [0.4, 0.5) is 0 Å². The van der Waals surface area contributed by atoms with E-state index in [-0.39, 0.29) is 11.9 Å². The number of hydrogen-bond acceptors (Lipinski definition) is 3. The molecule has 2 heterocycles. The third-order valence-electron chi connectivity index (χ3n) is 4.27. The summed E-state index contributed by atoms with van der Waals surface area (Å²) < 4.78 is 2.01. The van der Waals surface area contributed by atoms with Crippen molar-refractivity contribution < 1.29 is 4.79 Å². The van der Waals surface area contributed by atoms with Crippen molar-refractivity contribution in [3.63, 3.8) is 0 Å². The van der Waals surface area contributed by atoms with Crippen LogP contribution in [0.2, 0.25) is 0 Å². The minimum Gasteiger partial charge on any atom is -0.351 e. The highest BCUT2D eigenvalue weighted by molar-refractivity contribution is 5.81. The van der Waals surface area contributed by atoms with E-state index in [0.717, 1.165) is 42.9 Å². The minimum absolute atomic E-state index is 0.0205. The van der Waals surface area contributed by atoms with E-state index in [1.807, 2.05) is 23.7 Å². The van der Waals surface area contributed by atoms with Crippen LogP contribution in [0.25, 0.3) is 0 Å². The maximum atomic E-state index is 12.1. The highest BCUT2D eigenvalue weighted by Gasteiger charge is 2.21. The maximum Gasteiger partial charge on any atom is 0.237 e. The van der Waals surface area contributed by atoms with Gasteiger partial charge in [-0.25, -0.2) is 0 Å². The average molecular weight is 312 g/mol. The number of carbonyl (C=O) groups excluding carboxylic acids is 1. The van der Waals surface area contributed by atoms with Crippen LogP contribution in [0.3, 0.4) is 0 Å². The molecule has 1 fully saturated rings. The van der Waals surface area contributed by atoms with Crippen molar-refractivity contribution >= 4 is 5.91 Å². The fraction of sp³-hybridized carbons (Fsp3) is 0.444. The van der Waals surface area contributed by atoms with E-state index in [1.165, 1.54) is 5.56 Å². The van der Waals surface area contributed by atoms with Crippen molar-refractivity contribution in [3.8, 4) is 0 Å². The molecule has 1 saturated heterocycles. The number of amides is 1. The summed E-state index contributed by atoms with van der Waals surface area (Å²) in [6, 6.07) is 10.4. The molecular weight excluding hydrogens is 288 g/mol. The van der Waals surface area contributed by atoms with E-state index >= 15 is 0 Å². The Morgan fingerprint density at radius 3 is 2.87 bits per heavy atom. The Hall–Kier alpha value is -2.14. The average Bonchev–Trinajstić information content (AvgIpc) is 3.16. The van der Waals surface area contributed by atoms with Crippen LogP contribution in [0.5, 0.6) is 0 Å². The fourth-order valence-electron chi connectivity index (χ4n) is 3.07. The molecule has 122 valence electrons. The summed E-state index contributed by atoms with van der Waals surface area (Å²) in [4.78, 5) is 12.1. The van der Waals surface area contributed by atoms with Gasteiger partial charge in [-0.15, -0.1) is 0 Å². The second-order valence-electron chi connectivity index (χ2n) is 6.27. The van der Waals surface area contributed by atoms with Gasteiger partial charge >= 0.3 is 0 Å². The second kappa shape index (κ2) is 6.96. The van der Waals surface area contributed by atoms with Gasteiger partial charge in [-0.1, -0.05) is 24.3 Å². The largest absolute Gasteiger partial charge is 0.351 e. The number of aromatic nitrogens is 2. The molecule has 0 bridgehead atoms. The molecule has 1 aliphatic heterocycles. The fourth-order valence-corrected chi connectivity index (χ4v) is 3.07.